The number of carbonyl (C=O) groups is 1. The zero-order valence-electron chi connectivity index (χ0n) is 15.9. The number of aryl methyl sites for hydroxylation is 3. The van der Waals surface area contributed by atoms with E-state index in [-0.39, 0.29) is 16.7 Å². The molecule has 0 aliphatic rings. The SMILES string of the molecule is Cc1ccc(CNC(=O)[C@@H](C)SCc2nc3sc(C)c(C)c3c(=O)[nH]2)cc1. The Morgan fingerprint density at radius 3 is 2.67 bits per heavy atom. The molecule has 0 saturated carbocycles. The highest BCUT2D eigenvalue weighted by molar-refractivity contribution is 7.99. The third-order valence-corrected chi connectivity index (χ3v) is 6.77. The zero-order chi connectivity index (χ0) is 19.6. The van der Waals surface area contributed by atoms with Gasteiger partial charge in [-0.05, 0) is 38.8 Å². The molecular formula is C20H23N3O2S2. The molecule has 1 atom stereocenters. The van der Waals surface area contributed by atoms with E-state index in [0.29, 0.717) is 23.5 Å². The Balaban J connectivity index is 1.59. The van der Waals surface area contributed by atoms with E-state index in [4.69, 9.17) is 0 Å². The fourth-order valence-corrected chi connectivity index (χ4v) is 4.51. The van der Waals surface area contributed by atoms with Gasteiger partial charge in [0.15, 0.2) is 0 Å². The third kappa shape index (κ3) is 4.59. The van der Waals surface area contributed by atoms with E-state index in [2.05, 4.69) is 15.3 Å². The van der Waals surface area contributed by atoms with Crippen LogP contribution in [0.25, 0.3) is 10.2 Å². The first kappa shape index (κ1) is 19.6. The minimum Gasteiger partial charge on any atom is -0.351 e. The number of thioether (sulfide) groups is 1. The average molecular weight is 402 g/mol. The number of benzene rings is 1. The van der Waals surface area contributed by atoms with Crippen LogP contribution in [0, 0.1) is 20.8 Å². The van der Waals surface area contributed by atoms with Gasteiger partial charge in [-0.2, -0.15) is 0 Å². The lowest BCUT2D eigenvalue weighted by molar-refractivity contribution is -0.120. The number of carbonyl (C=O) groups excluding carboxylic acids is 1. The van der Waals surface area contributed by atoms with Crippen molar-refractivity contribution in [2.45, 2.75) is 45.2 Å². The number of hydrogen-bond donors (Lipinski definition) is 2. The summed E-state index contributed by atoms with van der Waals surface area (Å²) in [4.78, 5) is 33.9. The van der Waals surface area contributed by atoms with E-state index >= 15 is 0 Å². The average Bonchev–Trinajstić information content (AvgIpc) is 2.93. The van der Waals surface area contributed by atoms with Crippen molar-refractivity contribution in [3.8, 4) is 0 Å². The van der Waals surface area contributed by atoms with E-state index < -0.39 is 0 Å². The van der Waals surface area contributed by atoms with Crippen molar-refractivity contribution in [1.82, 2.24) is 15.3 Å². The summed E-state index contributed by atoms with van der Waals surface area (Å²) in [5.74, 6) is 1.07. The van der Waals surface area contributed by atoms with Crippen molar-refractivity contribution in [2.75, 3.05) is 0 Å². The maximum absolute atomic E-state index is 12.3. The predicted molar refractivity (Wildman–Crippen MR) is 113 cm³/mol. The van der Waals surface area contributed by atoms with E-state index in [1.165, 1.54) is 28.7 Å². The van der Waals surface area contributed by atoms with Gasteiger partial charge in [0, 0.05) is 11.4 Å². The van der Waals surface area contributed by atoms with Crippen LogP contribution in [0.3, 0.4) is 0 Å². The van der Waals surface area contributed by atoms with Crippen LogP contribution in [0.4, 0.5) is 0 Å². The van der Waals surface area contributed by atoms with Gasteiger partial charge in [0.25, 0.3) is 5.56 Å². The van der Waals surface area contributed by atoms with Crippen LogP contribution in [0.5, 0.6) is 0 Å². The van der Waals surface area contributed by atoms with Crippen LogP contribution in [0.2, 0.25) is 0 Å². The number of hydrogen-bond acceptors (Lipinski definition) is 5. The number of rotatable bonds is 6. The second kappa shape index (κ2) is 8.27. The number of thiophene rings is 1. The summed E-state index contributed by atoms with van der Waals surface area (Å²) in [6.07, 6.45) is 0. The van der Waals surface area contributed by atoms with Crippen LogP contribution < -0.4 is 10.9 Å². The van der Waals surface area contributed by atoms with Gasteiger partial charge in [0.05, 0.1) is 16.4 Å². The molecule has 2 heterocycles. The monoisotopic (exact) mass is 401 g/mol. The second-order valence-corrected chi connectivity index (χ2v) is 9.16. The highest BCUT2D eigenvalue weighted by atomic mass is 32.2. The van der Waals surface area contributed by atoms with Crippen LogP contribution in [-0.2, 0) is 17.1 Å². The number of fused-ring (bicyclic) bond motifs is 1. The summed E-state index contributed by atoms with van der Waals surface area (Å²) >= 11 is 3.00. The maximum Gasteiger partial charge on any atom is 0.259 e. The van der Waals surface area contributed by atoms with Gasteiger partial charge in [-0.15, -0.1) is 23.1 Å². The molecule has 5 nitrogen and oxygen atoms in total. The van der Waals surface area contributed by atoms with Gasteiger partial charge >= 0.3 is 0 Å². The Morgan fingerprint density at radius 2 is 1.96 bits per heavy atom. The summed E-state index contributed by atoms with van der Waals surface area (Å²) in [5.41, 5.74) is 3.16. The second-order valence-electron chi connectivity index (χ2n) is 6.63. The van der Waals surface area contributed by atoms with Gasteiger partial charge in [-0.25, -0.2) is 4.98 Å². The molecular weight excluding hydrogens is 378 g/mol. The molecule has 0 bridgehead atoms. The fourth-order valence-electron chi connectivity index (χ4n) is 2.69. The minimum absolute atomic E-state index is 0.0215. The lowest BCUT2D eigenvalue weighted by Crippen LogP contribution is -2.30. The lowest BCUT2D eigenvalue weighted by atomic mass is 10.1. The van der Waals surface area contributed by atoms with E-state index in [1.54, 1.807) is 0 Å². The zero-order valence-corrected chi connectivity index (χ0v) is 17.5. The molecule has 0 unspecified atom stereocenters. The number of nitrogens with zero attached hydrogens (tertiary/aromatic N) is 1. The van der Waals surface area contributed by atoms with Crippen molar-refractivity contribution in [3.05, 3.63) is 62.0 Å². The van der Waals surface area contributed by atoms with Crippen molar-refractivity contribution >= 4 is 39.2 Å². The highest BCUT2D eigenvalue weighted by Crippen LogP contribution is 2.26. The van der Waals surface area contributed by atoms with E-state index in [9.17, 15) is 9.59 Å². The molecule has 0 radical (unpaired) electrons. The molecule has 2 aromatic heterocycles. The quantitative estimate of drug-likeness (QED) is 0.658. The van der Waals surface area contributed by atoms with Gasteiger partial charge in [-0.1, -0.05) is 29.8 Å². The number of H-pyrrole nitrogens is 1. The molecule has 27 heavy (non-hydrogen) atoms. The topological polar surface area (TPSA) is 74.8 Å². The van der Waals surface area contributed by atoms with Crippen molar-refractivity contribution in [1.29, 1.82) is 0 Å². The summed E-state index contributed by atoms with van der Waals surface area (Å²) in [6.45, 7) is 8.36. The van der Waals surface area contributed by atoms with Crippen LogP contribution >= 0.6 is 23.1 Å². The maximum atomic E-state index is 12.3. The normalized spacial score (nSPS) is 12.3. The molecule has 0 aliphatic heterocycles. The molecule has 0 saturated heterocycles. The Hall–Kier alpha value is -2.12. The molecule has 1 amide bonds. The Bertz CT molecular complexity index is 1020. The number of aromatic amines is 1. The molecule has 1 aromatic carbocycles. The smallest absolute Gasteiger partial charge is 0.259 e. The Morgan fingerprint density at radius 1 is 1.26 bits per heavy atom. The van der Waals surface area contributed by atoms with Crippen molar-refractivity contribution in [3.63, 3.8) is 0 Å². The van der Waals surface area contributed by atoms with Crippen LogP contribution in [-0.4, -0.2) is 21.1 Å². The molecule has 3 aromatic rings. The number of nitrogens with one attached hydrogen (secondary N) is 2. The lowest BCUT2D eigenvalue weighted by Gasteiger charge is -2.12. The highest BCUT2D eigenvalue weighted by Gasteiger charge is 2.16. The van der Waals surface area contributed by atoms with E-state index in [0.717, 1.165) is 20.8 Å². The Kier molecular flexibility index (Phi) is 6.01. The van der Waals surface area contributed by atoms with Crippen LogP contribution in [0.15, 0.2) is 29.1 Å². The molecule has 142 valence electrons. The summed E-state index contributed by atoms with van der Waals surface area (Å²) in [7, 11) is 0. The van der Waals surface area contributed by atoms with Crippen molar-refractivity contribution < 1.29 is 4.79 Å². The first-order valence-electron chi connectivity index (χ1n) is 8.79. The third-order valence-electron chi connectivity index (χ3n) is 4.51. The molecule has 0 aliphatic carbocycles. The number of amides is 1. The molecule has 0 spiro atoms. The van der Waals surface area contributed by atoms with Gasteiger partial charge < -0.3 is 10.3 Å². The summed E-state index contributed by atoms with van der Waals surface area (Å²) in [6, 6.07) is 8.10. The fraction of sp³-hybridized carbons (Fsp3) is 0.350. The van der Waals surface area contributed by atoms with Gasteiger partial charge in [0.2, 0.25) is 5.91 Å². The molecule has 3 rings (SSSR count). The first-order valence-corrected chi connectivity index (χ1v) is 10.7. The first-order chi connectivity index (χ1) is 12.8. The predicted octanol–water partition coefficient (Wildman–Crippen LogP) is 3.85. The molecule has 0 fully saturated rings. The summed E-state index contributed by atoms with van der Waals surface area (Å²) in [5, 5.41) is 3.40. The summed E-state index contributed by atoms with van der Waals surface area (Å²) < 4.78 is 0. The number of aromatic nitrogens is 2. The minimum atomic E-state index is -0.233. The van der Waals surface area contributed by atoms with Crippen LogP contribution in [0.1, 0.15) is 34.3 Å². The standard InChI is InChI=1S/C20H23N3O2S2/c1-11-5-7-15(8-6-11)9-21-18(24)14(4)26-10-16-22-19(25)17-12(2)13(3)27-20(17)23-16/h5-8,14H,9-10H2,1-4H3,(H,21,24)(H,22,23,25)/t14-/m1/s1. The van der Waals surface area contributed by atoms with E-state index in [1.807, 2.05) is 52.0 Å². The Labute approximate surface area is 166 Å². The van der Waals surface area contributed by atoms with Gasteiger partial charge in [-0.3, -0.25) is 9.59 Å². The van der Waals surface area contributed by atoms with Crippen molar-refractivity contribution in [2.24, 2.45) is 0 Å². The largest absolute Gasteiger partial charge is 0.351 e. The van der Waals surface area contributed by atoms with Gasteiger partial charge in [0.1, 0.15) is 10.7 Å². The molecule has 2 N–H and O–H groups in total. The molecule has 7 heteroatoms.